The van der Waals surface area contributed by atoms with Crippen LogP contribution in [0.5, 0.6) is 5.75 Å². The van der Waals surface area contributed by atoms with Gasteiger partial charge in [-0.25, -0.2) is 9.18 Å². The minimum absolute atomic E-state index is 0.126. The lowest BCUT2D eigenvalue weighted by Gasteiger charge is -2.18. The van der Waals surface area contributed by atoms with Crippen LogP contribution in [-0.4, -0.2) is 31.1 Å². The Balaban J connectivity index is 1.59. The molecule has 25 heavy (non-hydrogen) atoms. The summed E-state index contributed by atoms with van der Waals surface area (Å²) in [5.41, 5.74) is 0.984. The molecule has 0 atom stereocenters. The van der Waals surface area contributed by atoms with Crippen LogP contribution in [0.4, 0.5) is 9.18 Å². The van der Waals surface area contributed by atoms with Crippen LogP contribution in [-0.2, 0) is 6.54 Å². The van der Waals surface area contributed by atoms with E-state index >= 15 is 0 Å². The highest BCUT2D eigenvalue weighted by atomic mass is 35.5. The molecule has 6 heteroatoms. The van der Waals surface area contributed by atoms with Crippen LogP contribution in [0.2, 0.25) is 5.02 Å². The van der Waals surface area contributed by atoms with E-state index in [1.54, 1.807) is 30.1 Å². The molecule has 2 amide bonds. The molecule has 0 aromatic heterocycles. The summed E-state index contributed by atoms with van der Waals surface area (Å²) in [5.74, 6) is 0.364. The number of nitrogens with zero attached hydrogens (tertiary/aromatic N) is 1. The number of amides is 2. The lowest BCUT2D eigenvalue weighted by atomic mass is 10.2. The number of urea groups is 1. The van der Waals surface area contributed by atoms with Gasteiger partial charge in [0.1, 0.15) is 11.6 Å². The Hall–Kier alpha value is -2.27. The molecule has 134 valence electrons. The molecule has 0 radical (unpaired) electrons. The van der Waals surface area contributed by atoms with Gasteiger partial charge in [-0.15, -0.1) is 0 Å². The maximum atomic E-state index is 12.8. The van der Waals surface area contributed by atoms with Crippen molar-refractivity contribution in [2.24, 2.45) is 0 Å². The van der Waals surface area contributed by atoms with E-state index in [1.165, 1.54) is 12.1 Å². The van der Waals surface area contributed by atoms with Crippen molar-refractivity contribution in [1.82, 2.24) is 10.2 Å². The van der Waals surface area contributed by atoms with Crippen molar-refractivity contribution in [2.45, 2.75) is 19.4 Å². The third-order valence-corrected chi connectivity index (χ3v) is 3.82. The van der Waals surface area contributed by atoms with Crippen molar-refractivity contribution in [3.8, 4) is 5.75 Å². The maximum absolute atomic E-state index is 12.8. The number of unbranched alkanes of at least 4 members (excludes halogenated alkanes) is 1. The molecule has 2 rings (SSSR count). The molecule has 0 aliphatic carbocycles. The van der Waals surface area contributed by atoms with Gasteiger partial charge < -0.3 is 15.0 Å². The zero-order valence-electron chi connectivity index (χ0n) is 14.2. The quantitative estimate of drug-likeness (QED) is 0.702. The van der Waals surface area contributed by atoms with E-state index in [1.807, 2.05) is 18.2 Å². The van der Waals surface area contributed by atoms with Crippen molar-refractivity contribution >= 4 is 17.6 Å². The number of carbonyl (C=O) groups excluding carboxylic acids is 1. The highest BCUT2D eigenvalue weighted by Gasteiger charge is 2.08. The summed E-state index contributed by atoms with van der Waals surface area (Å²) in [6.45, 7) is 1.60. The molecule has 0 heterocycles. The van der Waals surface area contributed by atoms with E-state index in [9.17, 15) is 9.18 Å². The number of hydrogen-bond acceptors (Lipinski definition) is 2. The summed E-state index contributed by atoms with van der Waals surface area (Å²) in [4.78, 5) is 13.6. The second-order valence-electron chi connectivity index (χ2n) is 5.73. The predicted molar refractivity (Wildman–Crippen MR) is 97.4 cm³/mol. The van der Waals surface area contributed by atoms with E-state index in [2.05, 4.69) is 5.32 Å². The van der Waals surface area contributed by atoms with Gasteiger partial charge in [-0.05, 0) is 54.8 Å². The number of carbonyl (C=O) groups is 1. The molecule has 1 N–H and O–H groups in total. The Morgan fingerprint density at radius 1 is 1.20 bits per heavy atom. The SMILES string of the molecule is CN(Cc1cccc(Cl)c1)C(=O)NCCCCOc1ccc(F)cc1. The fourth-order valence-corrected chi connectivity index (χ4v) is 2.47. The first-order valence-corrected chi connectivity index (χ1v) is 8.54. The molecule has 2 aromatic rings. The Morgan fingerprint density at radius 2 is 1.96 bits per heavy atom. The van der Waals surface area contributed by atoms with E-state index in [0.717, 1.165) is 18.4 Å². The lowest BCUT2D eigenvalue weighted by molar-refractivity contribution is 0.206. The minimum atomic E-state index is -0.281. The van der Waals surface area contributed by atoms with Gasteiger partial charge in [-0.3, -0.25) is 0 Å². The van der Waals surface area contributed by atoms with Crippen LogP contribution < -0.4 is 10.1 Å². The Bertz CT molecular complexity index is 679. The highest BCUT2D eigenvalue weighted by molar-refractivity contribution is 6.30. The van der Waals surface area contributed by atoms with Gasteiger partial charge in [0.15, 0.2) is 0 Å². The van der Waals surface area contributed by atoms with Crippen LogP contribution in [0.1, 0.15) is 18.4 Å². The Kier molecular flexibility index (Phi) is 7.54. The molecule has 0 aliphatic heterocycles. The van der Waals surface area contributed by atoms with Crippen molar-refractivity contribution in [2.75, 3.05) is 20.2 Å². The van der Waals surface area contributed by atoms with E-state index in [-0.39, 0.29) is 11.8 Å². The summed E-state index contributed by atoms with van der Waals surface area (Å²) < 4.78 is 18.3. The van der Waals surface area contributed by atoms with Crippen LogP contribution in [0, 0.1) is 5.82 Å². The third kappa shape index (κ3) is 7.01. The first-order chi connectivity index (χ1) is 12.0. The number of hydrogen-bond donors (Lipinski definition) is 1. The van der Waals surface area contributed by atoms with Gasteiger partial charge in [0.05, 0.1) is 6.61 Å². The smallest absolute Gasteiger partial charge is 0.317 e. The van der Waals surface area contributed by atoms with Crippen LogP contribution in [0.25, 0.3) is 0 Å². The van der Waals surface area contributed by atoms with Gasteiger partial charge in [-0.2, -0.15) is 0 Å². The largest absolute Gasteiger partial charge is 0.494 e. The second kappa shape index (κ2) is 9.89. The second-order valence-corrected chi connectivity index (χ2v) is 6.16. The topological polar surface area (TPSA) is 41.6 Å². The first kappa shape index (κ1) is 19.1. The Labute approximate surface area is 152 Å². The van der Waals surface area contributed by atoms with Gasteiger partial charge in [0.25, 0.3) is 0 Å². The average Bonchev–Trinajstić information content (AvgIpc) is 2.59. The zero-order valence-corrected chi connectivity index (χ0v) is 14.9. The fraction of sp³-hybridized carbons (Fsp3) is 0.316. The molecular weight excluding hydrogens is 343 g/mol. The summed E-state index contributed by atoms with van der Waals surface area (Å²) in [7, 11) is 1.74. The molecule has 0 spiro atoms. The molecule has 0 unspecified atom stereocenters. The highest BCUT2D eigenvalue weighted by Crippen LogP contribution is 2.12. The van der Waals surface area contributed by atoms with Crippen molar-refractivity contribution < 1.29 is 13.9 Å². The summed E-state index contributed by atoms with van der Waals surface area (Å²) in [6, 6.07) is 13.3. The molecule has 0 saturated heterocycles. The summed E-state index contributed by atoms with van der Waals surface area (Å²) in [5, 5.41) is 3.53. The molecule has 0 bridgehead atoms. The van der Waals surface area contributed by atoms with Crippen molar-refractivity contribution in [3.05, 3.63) is 64.9 Å². The predicted octanol–water partition coefficient (Wildman–Crippen LogP) is 4.48. The normalized spacial score (nSPS) is 10.4. The average molecular weight is 365 g/mol. The third-order valence-electron chi connectivity index (χ3n) is 3.59. The lowest BCUT2D eigenvalue weighted by Crippen LogP contribution is -2.37. The monoisotopic (exact) mass is 364 g/mol. The summed E-state index contributed by atoms with van der Waals surface area (Å²) >= 11 is 5.94. The minimum Gasteiger partial charge on any atom is -0.494 e. The van der Waals surface area contributed by atoms with Gasteiger partial charge in [0.2, 0.25) is 0 Å². The van der Waals surface area contributed by atoms with E-state index in [4.69, 9.17) is 16.3 Å². The van der Waals surface area contributed by atoms with Crippen LogP contribution in [0.15, 0.2) is 48.5 Å². The number of halogens is 2. The van der Waals surface area contributed by atoms with E-state index < -0.39 is 0 Å². The first-order valence-electron chi connectivity index (χ1n) is 8.16. The van der Waals surface area contributed by atoms with Crippen LogP contribution in [0.3, 0.4) is 0 Å². The summed E-state index contributed by atoms with van der Waals surface area (Å²) in [6.07, 6.45) is 1.60. The number of rotatable bonds is 8. The molecule has 4 nitrogen and oxygen atoms in total. The van der Waals surface area contributed by atoms with Gasteiger partial charge in [-0.1, -0.05) is 23.7 Å². The fourth-order valence-electron chi connectivity index (χ4n) is 2.26. The van der Waals surface area contributed by atoms with Crippen molar-refractivity contribution in [1.29, 1.82) is 0 Å². The molecule has 0 fully saturated rings. The van der Waals surface area contributed by atoms with Gasteiger partial charge in [0, 0.05) is 25.2 Å². The molecule has 0 saturated carbocycles. The standard InChI is InChI=1S/C19H22ClFN2O2/c1-23(14-15-5-4-6-16(20)13-15)19(24)22-11-2-3-12-25-18-9-7-17(21)8-10-18/h4-10,13H,2-3,11-12,14H2,1H3,(H,22,24). The van der Waals surface area contributed by atoms with E-state index in [0.29, 0.717) is 30.5 Å². The maximum Gasteiger partial charge on any atom is 0.317 e. The molecule has 2 aromatic carbocycles. The molecular formula is C19H22ClFN2O2. The van der Waals surface area contributed by atoms with Crippen molar-refractivity contribution in [3.63, 3.8) is 0 Å². The Morgan fingerprint density at radius 3 is 2.68 bits per heavy atom. The number of ether oxygens (including phenoxy) is 1. The molecule has 0 aliphatic rings. The number of benzene rings is 2. The van der Waals surface area contributed by atoms with Gasteiger partial charge >= 0.3 is 6.03 Å². The zero-order chi connectivity index (χ0) is 18.1. The number of nitrogens with one attached hydrogen (secondary N) is 1. The van der Waals surface area contributed by atoms with Crippen LogP contribution >= 0.6 is 11.6 Å².